The van der Waals surface area contributed by atoms with Crippen molar-refractivity contribution in [2.75, 3.05) is 27.7 Å². The van der Waals surface area contributed by atoms with E-state index >= 15 is 0 Å². The summed E-state index contributed by atoms with van der Waals surface area (Å²) in [5.41, 5.74) is 1.85. The fraction of sp³-hybridized carbons (Fsp3) is 0.619. The molecule has 28 heavy (non-hydrogen) atoms. The molecule has 3 rings (SSSR count). The van der Waals surface area contributed by atoms with E-state index < -0.39 is 0 Å². The number of fused-ring (bicyclic) bond motifs is 2. The molecule has 0 aromatic heterocycles. The summed E-state index contributed by atoms with van der Waals surface area (Å²) in [6.45, 7) is 0.788. The Balaban J connectivity index is 0.00000280. The van der Waals surface area contributed by atoms with Gasteiger partial charge < -0.3 is 20.9 Å². The van der Waals surface area contributed by atoms with E-state index in [2.05, 4.69) is 39.0 Å². The quantitative estimate of drug-likeness (QED) is 0.331. The summed E-state index contributed by atoms with van der Waals surface area (Å²) in [5.74, 6) is 0.834. The lowest BCUT2D eigenvalue weighted by Crippen LogP contribution is -2.56. The van der Waals surface area contributed by atoms with Crippen molar-refractivity contribution in [3.63, 3.8) is 0 Å². The number of aliphatic imine (C=N–C) groups is 1. The first-order valence-electron chi connectivity index (χ1n) is 10.1. The van der Waals surface area contributed by atoms with E-state index in [0.717, 1.165) is 24.5 Å². The summed E-state index contributed by atoms with van der Waals surface area (Å²) in [4.78, 5) is 18.7. The predicted octanol–water partition coefficient (Wildman–Crippen LogP) is 2.39. The third-order valence-electron chi connectivity index (χ3n) is 6.03. The lowest BCUT2D eigenvalue weighted by Gasteiger charge is -2.47. The fourth-order valence-corrected chi connectivity index (χ4v) is 4.46. The Morgan fingerprint density at radius 3 is 2.61 bits per heavy atom. The molecule has 2 unspecified atom stereocenters. The largest absolute Gasteiger partial charge is 0.356 e. The van der Waals surface area contributed by atoms with Crippen molar-refractivity contribution in [3.05, 3.63) is 35.4 Å². The molecule has 156 valence electrons. The molecule has 7 heteroatoms. The van der Waals surface area contributed by atoms with E-state index in [-0.39, 0.29) is 29.9 Å². The number of guanidine groups is 1. The van der Waals surface area contributed by atoms with Crippen LogP contribution in [0.4, 0.5) is 0 Å². The number of halogens is 1. The van der Waals surface area contributed by atoms with Crippen LogP contribution in [0.3, 0.4) is 0 Å². The fourth-order valence-electron chi connectivity index (χ4n) is 4.46. The molecule has 1 aromatic rings. The highest BCUT2D eigenvalue weighted by molar-refractivity contribution is 14.0. The summed E-state index contributed by atoms with van der Waals surface area (Å²) in [7, 11) is 5.77. The minimum absolute atomic E-state index is 0. The van der Waals surface area contributed by atoms with Crippen LogP contribution in [0.2, 0.25) is 0 Å². The van der Waals surface area contributed by atoms with Gasteiger partial charge >= 0.3 is 0 Å². The number of hydrogen-bond acceptors (Lipinski definition) is 3. The number of rotatable bonds is 5. The molecule has 3 N–H and O–H groups in total. The van der Waals surface area contributed by atoms with Gasteiger partial charge in [0.15, 0.2) is 5.96 Å². The first kappa shape index (κ1) is 22.9. The van der Waals surface area contributed by atoms with E-state index in [0.29, 0.717) is 23.7 Å². The number of benzene rings is 1. The summed E-state index contributed by atoms with van der Waals surface area (Å²) in [5, 5.41) is 9.73. The summed E-state index contributed by atoms with van der Waals surface area (Å²) >= 11 is 0. The molecule has 0 radical (unpaired) electrons. The molecule has 2 fully saturated rings. The monoisotopic (exact) mass is 499 g/mol. The Morgan fingerprint density at radius 2 is 1.96 bits per heavy atom. The molecule has 1 aromatic carbocycles. The van der Waals surface area contributed by atoms with Crippen molar-refractivity contribution in [2.24, 2.45) is 4.99 Å². The van der Waals surface area contributed by atoms with Crippen molar-refractivity contribution < 1.29 is 4.79 Å². The van der Waals surface area contributed by atoms with Gasteiger partial charge in [0.05, 0.1) is 0 Å². The number of carbonyl (C=O) groups excluding carboxylic acids is 1. The van der Waals surface area contributed by atoms with Crippen molar-refractivity contribution in [3.8, 4) is 0 Å². The third-order valence-corrected chi connectivity index (χ3v) is 6.03. The zero-order valence-electron chi connectivity index (χ0n) is 17.2. The molecule has 2 atom stereocenters. The first-order chi connectivity index (χ1) is 13.1. The van der Waals surface area contributed by atoms with Gasteiger partial charge in [0.25, 0.3) is 5.91 Å². The molecular weight excluding hydrogens is 465 g/mol. The van der Waals surface area contributed by atoms with E-state index in [1.54, 1.807) is 7.05 Å². The van der Waals surface area contributed by atoms with Gasteiger partial charge in [0, 0.05) is 44.3 Å². The van der Waals surface area contributed by atoms with Crippen molar-refractivity contribution in [1.29, 1.82) is 0 Å². The molecule has 0 aliphatic carbocycles. The van der Waals surface area contributed by atoms with E-state index in [1.165, 1.54) is 32.1 Å². The van der Waals surface area contributed by atoms with Gasteiger partial charge in [-0.25, -0.2) is 0 Å². The average molecular weight is 499 g/mol. The Bertz CT molecular complexity index is 667. The van der Waals surface area contributed by atoms with Crippen LogP contribution in [0.15, 0.2) is 29.3 Å². The van der Waals surface area contributed by atoms with Gasteiger partial charge in [-0.2, -0.15) is 0 Å². The zero-order valence-corrected chi connectivity index (χ0v) is 19.5. The highest BCUT2D eigenvalue weighted by Crippen LogP contribution is 2.32. The molecule has 2 heterocycles. The maximum absolute atomic E-state index is 11.8. The smallest absolute Gasteiger partial charge is 0.251 e. The highest BCUT2D eigenvalue weighted by Gasteiger charge is 2.36. The standard InChI is InChI=1S/C21H33N5O.HI/c1-22-20(27)16-7-4-6-15(12-16)10-11-24-21(23-2)25-17-13-18-8-5-9-19(14-17)26(18)3;/h4,6-7,12,17-19H,5,8-11,13-14H2,1-3H3,(H,22,27)(H2,23,24,25);1H. The minimum Gasteiger partial charge on any atom is -0.356 e. The van der Waals surface area contributed by atoms with Crippen molar-refractivity contribution in [1.82, 2.24) is 20.9 Å². The van der Waals surface area contributed by atoms with Crippen LogP contribution in [0.1, 0.15) is 48.0 Å². The van der Waals surface area contributed by atoms with Gasteiger partial charge in [-0.3, -0.25) is 9.79 Å². The molecule has 2 bridgehead atoms. The van der Waals surface area contributed by atoms with Crippen LogP contribution < -0.4 is 16.0 Å². The Morgan fingerprint density at radius 1 is 1.25 bits per heavy atom. The lowest BCUT2D eigenvalue weighted by molar-refractivity contribution is 0.0526. The third kappa shape index (κ3) is 5.83. The number of nitrogens with one attached hydrogen (secondary N) is 3. The zero-order chi connectivity index (χ0) is 19.2. The molecule has 0 spiro atoms. The van der Waals surface area contributed by atoms with Crippen LogP contribution in [0, 0.1) is 0 Å². The molecule has 0 saturated carbocycles. The van der Waals surface area contributed by atoms with Gasteiger partial charge in [-0.1, -0.05) is 18.6 Å². The molecule has 2 aliphatic rings. The topological polar surface area (TPSA) is 68.8 Å². The van der Waals surface area contributed by atoms with E-state index in [4.69, 9.17) is 0 Å². The summed E-state index contributed by atoms with van der Waals surface area (Å²) in [6.07, 6.45) is 7.25. The van der Waals surface area contributed by atoms with E-state index in [1.807, 2.05) is 25.2 Å². The number of piperidine rings is 2. The Kier molecular flexibility index (Phi) is 9.01. The van der Waals surface area contributed by atoms with Crippen molar-refractivity contribution in [2.45, 2.75) is 56.7 Å². The molecule has 1 amide bonds. The SMILES string of the molecule is CN=C(NCCc1cccc(C(=O)NC)c1)NC1CC2CCCC(C1)N2C.I. The number of carbonyl (C=O) groups is 1. The molecular formula is C21H34IN5O. The summed E-state index contributed by atoms with van der Waals surface area (Å²) < 4.78 is 0. The summed E-state index contributed by atoms with van der Waals surface area (Å²) in [6, 6.07) is 9.70. The van der Waals surface area contributed by atoms with Crippen molar-refractivity contribution >= 4 is 35.8 Å². The second kappa shape index (κ2) is 11.0. The normalized spacial score (nSPS) is 24.8. The van der Waals surface area contributed by atoms with Crippen LogP contribution >= 0.6 is 24.0 Å². The molecule has 2 aliphatic heterocycles. The second-order valence-corrected chi connectivity index (χ2v) is 7.75. The predicted molar refractivity (Wildman–Crippen MR) is 126 cm³/mol. The number of nitrogens with zero attached hydrogens (tertiary/aromatic N) is 2. The van der Waals surface area contributed by atoms with E-state index in [9.17, 15) is 4.79 Å². The van der Waals surface area contributed by atoms with Gasteiger partial charge in [-0.05, 0) is 56.8 Å². The highest BCUT2D eigenvalue weighted by atomic mass is 127. The van der Waals surface area contributed by atoms with Gasteiger partial charge in [0.1, 0.15) is 0 Å². The number of amides is 1. The molecule has 6 nitrogen and oxygen atoms in total. The second-order valence-electron chi connectivity index (χ2n) is 7.75. The lowest BCUT2D eigenvalue weighted by atomic mass is 9.82. The average Bonchev–Trinajstić information content (AvgIpc) is 2.67. The molecule has 2 saturated heterocycles. The van der Waals surface area contributed by atoms with Crippen LogP contribution in [0.5, 0.6) is 0 Å². The Hall–Kier alpha value is -1.35. The first-order valence-corrected chi connectivity index (χ1v) is 10.1. The maximum atomic E-state index is 11.8. The van der Waals surface area contributed by atoms with Gasteiger partial charge in [0.2, 0.25) is 0 Å². The Labute approximate surface area is 186 Å². The minimum atomic E-state index is -0.0462. The van der Waals surface area contributed by atoms with Gasteiger partial charge in [-0.15, -0.1) is 24.0 Å². The van der Waals surface area contributed by atoms with Crippen LogP contribution in [0.25, 0.3) is 0 Å². The number of hydrogen-bond donors (Lipinski definition) is 3. The van der Waals surface area contributed by atoms with Crippen LogP contribution in [-0.2, 0) is 6.42 Å². The maximum Gasteiger partial charge on any atom is 0.251 e. The van der Waals surface area contributed by atoms with Crippen LogP contribution in [-0.4, -0.2) is 62.6 Å².